The number of hydrogen-bond donors (Lipinski definition) is 1. The number of para-hydroxylation sites is 1. The lowest BCUT2D eigenvalue weighted by atomic mass is 10.2. The summed E-state index contributed by atoms with van der Waals surface area (Å²) in [5.74, 6) is 1.58. The van der Waals surface area contributed by atoms with Gasteiger partial charge in [0.2, 0.25) is 0 Å². The number of rotatable bonds is 5. The second-order valence-corrected chi connectivity index (χ2v) is 6.49. The highest BCUT2D eigenvalue weighted by molar-refractivity contribution is 5.93. The number of carbonyl (C=O) groups excluding carboxylic acids is 1. The van der Waals surface area contributed by atoms with Gasteiger partial charge in [-0.25, -0.2) is 0 Å². The molecule has 0 spiro atoms. The van der Waals surface area contributed by atoms with E-state index in [9.17, 15) is 4.79 Å². The Morgan fingerprint density at radius 1 is 0.889 bits per heavy atom. The van der Waals surface area contributed by atoms with E-state index in [1.165, 1.54) is 0 Å². The van der Waals surface area contributed by atoms with E-state index in [1.807, 2.05) is 65.6 Å². The van der Waals surface area contributed by atoms with Gasteiger partial charge in [0.25, 0.3) is 5.91 Å². The van der Waals surface area contributed by atoms with Crippen molar-refractivity contribution in [3.05, 3.63) is 78.6 Å². The number of pyridine rings is 1. The van der Waals surface area contributed by atoms with Crippen LogP contribution in [0, 0.1) is 0 Å². The van der Waals surface area contributed by atoms with E-state index in [0.717, 1.165) is 48.8 Å². The first kappa shape index (κ1) is 17.1. The summed E-state index contributed by atoms with van der Waals surface area (Å²) < 4.78 is 5.80. The minimum absolute atomic E-state index is 0.00255. The quantitative estimate of drug-likeness (QED) is 0.707. The zero-order valence-electron chi connectivity index (χ0n) is 15.0. The normalized spacial score (nSPS) is 13.4. The average Bonchev–Trinajstić information content (AvgIpc) is 3.25. The Morgan fingerprint density at radius 3 is 2.33 bits per heavy atom. The summed E-state index contributed by atoms with van der Waals surface area (Å²) in [4.78, 5) is 18.6. The van der Waals surface area contributed by atoms with Gasteiger partial charge in [-0.15, -0.1) is 0 Å². The monoisotopic (exact) mass is 359 g/mol. The van der Waals surface area contributed by atoms with Crippen molar-refractivity contribution in [1.82, 2.24) is 9.88 Å². The first-order valence-electron chi connectivity index (χ1n) is 9.13. The van der Waals surface area contributed by atoms with E-state index in [4.69, 9.17) is 4.74 Å². The molecular formula is C22H21N3O2. The molecule has 27 heavy (non-hydrogen) atoms. The van der Waals surface area contributed by atoms with Crippen molar-refractivity contribution in [2.75, 3.05) is 18.4 Å². The van der Waals surface area contributed by atoms with Crippen LogP contribution in [0.1, 0.15) is 23.3 Å². The molecule has 1 aromatic heterocycles. The predicted molar refractivity (Wildman–Crippen MR) is 106 cm³/mol. The van der Waals surface area contributed by atoms with Crippen molar-refractivity contribution in [3.63, 3.8) is 0 Å². The number of aromatic nitrogens is 1. The highest BCUT2D eigenvalue weighted by Gasteiger charge is 2.20. The average molecular weight is 359 g/mol. The van der Waals surface area contributed by atoms with Crippen LogP contribution >= 0.6 is 0 Å². The molecule has 1 aliphatic rings. The van der Waals surface area contributed by atoms with Gasteiger partial charge in [-0.05, 0) is 61.4 Å². The minimum Gasteiger partial charge on any atom is -0.457 e. The Kier molecular flexibility index (Phi) is 5.01. The van der Waals surface area contributed by atoms with E-state index in [1.54, 1.807) is 12.3 Å². The minimum atomic E-state index is 0.00255. The molecule has 0 bridgehead atoms. The fourth-order valence-electron chi connectivity index (χ4n) is 3.11. The predicted octanol–water partition coefficient (Wildman–Crippen LogP) is 4.85. The van der Waals surface area contributed by atoms with Gasteiger partial charge in [0.05, 0.1) is 0 Å². The highest BCUT2D eigenvalue weighted by Crippen LogP contribution is 2.24. The topological polar surface area (TPSA) is 54.5 Å². The van der Waals surface area contributed by atoms with E-state index >= 15 is 0 Å². The Bertz CT molecular complexity index is 904. The third kappa shape index (κ3) is 4.26. The van der Waals surface area contributed by atoms with Crippen molar-refractivity contribution >= 4 is 17.3 Å². The summed E-state index contributed by atoms with van der Waals surface area (Å²) in [5.41, 5.74) is 2.23. The Labute approximate surface area is 158 Å². The van der Waals surface area contributed by atoms with Crippen molar-refractivity contribution in [3.8, 4) is 11.5 Å². The Morgan fingerprint density at radius 2 is 1.59 bits per heavy atom. The Hall–Kier alpha value is -3.34. The molecule has 0 unspecified atom stereocenters. The molecule has 0 aliphatic carbocycles. The van der Waals surface area contributed by atoms with Crippen molar-refractivity contribution in [2.45, 2.75) is 12.8 Å². The summed E-state index contributed by atoms with van der Waals surface area (Å²) in [7, 11) is 0. The fourth-order valence-corrected chi connectivity index (χ4v) is 3.11. The fraction of sp³-hybridized carbons (Fsp3) is 0.182. The van der Waals surface area contributed by atoms with Crippen LogP contribution in [0.15, 0.2) is 72.9 Å². The third-order valence-corrected chi connectivity index (χ3v) is 4.49. The van der Waals surface area contributed by atoms with Crippen LogP contribution < -0.4 is 10.1 Å². The maximum atomic E-state index is 12.5. The number of nitrogens with one attached hydrogen (secondary N) is 1. The van der Waals surface area contributed by atoms with Crippen molar-refractivity contribution in [1.29, 1.82) is 0 Å². The van der Waals surface area contributed by atoms with Crippen LogP contribution in [0.5, 0.6) is 11.5 Å². The molecule has 5 nitrogen and oxygen atoms in total. The van der Waals surface area contributed by atoms with E-state index < -0.39 is 0 Å². The SMILES string of the molecule is O=C(c1cc(Nc2ccc(Oc3ccccc3)cc2)ccn1)N1CCCC1. The summed E-state index contributed by atoms with van der Waals surface area (Å²) in [5, 5.41) is 3.31. The number of likely N-dealkylation sites (tertiary alicyclic amines) is 1. The van der Waals surface area contributed by atoms with E-state index in [-0.39, 0.29) is 5.91 Å². The number of benzene rings is 2. The van der Waals surface area contributed by atoms with Gasteiger partial charge in [0, 0.05) is 30.7 Å². The summed E-state index contributed by atoms with van der Waals surface area (Å²) >= 11 is 0. The summed E-state index contributed by atoms with van der Waals surface area (Å²) in [6.07, 6.45) is 3.81. The molecule has 1 amide bonds. The molecule has 3 aromatic rings. The Balaban J connectivity index is 1.43. The zero-order chi connectivity index (χ0) is 18.5. The standard InChI is InChI=1S/C22H21N3O2/c26-22(25-14-4-5-15-25)21-16-18(12-13-23-21)24-17-8-10-20(11-9-17)27-19-6-2-1-3-7-19/h1-3,6-13,16H,4-5,14-15H2,(H,23,24). The van der Waals surface area contributed by atoms with Crippen molar-refractivity contribution in [2.24, 2.45) is 0 Å². The number of nitrogens with zero attached hydrogens (tertiary/aromatic N) is 2. The van der Waals surface area contributed by atoms with Crippen LogP contribution in [0.2, 0.25) is 0 Å². The first-order valence-corrected chi connectivity index (χ1v) is 9.13. The number of amides is 1. The number of carbonyl (C=O) groups is 1. The van der Waals surface area contributed by atoms with Crippen LogP contribution in [-0.4, -0.2) is 28.9 Å². The largest absolute Gasteiger partial charge is 0.457 e. The summed E-state index contributed by atoms with van der Waals surface area (Å²) in [6, 6.07) is 21.0. The molecule has 5 heteroatoms. The van der Waals surface area contributed by atoms with Crippen LogP contribution in [0.25, 0.3) is 0 Å². The smallest absolute Gasteiger partial charge is 0.272 e. The highest BCUT2D eigenvalue weighted by atomic mass is 16.5. The molecule has 1 N–H and O–H groups in total. The van der Waals surface area contributed by atoms with Crippen LogP contribution in [0.4, 0.5) is 11.4 Å². The lowest BCUT2D eigenvalue weighted by Gasteiger charge is -2.15. The van der Waals surface area contributed by atoms with Gasteiger partial charge in [0.15, 0.2) is 0 Å². The van der Waals surface area contributed by atoms with E-state index in [2.05, 4.69) is 10.3 Å². The maximum Gasteiger partial charge on any atom is 0.272 e. The first-order chi connectivity index (χ1) is 13.3. The summed E-state index contributed by atoms with van der Waals surface area (Å²) in [6.45, 7) is 1.64. The molecule has 4 rings (SSSR count). The molecule has 1 aliphatic heterocycles. The van der Waals surface area contributed by atoms with Gasteiger partial charge in [0.1, 0.15) is 17.2 Å². The lowest BCUT2D eigenvalue weighted by molar-refractivity contribution is 0.0787. The van der Waals surface area contributed by atoms with Gasteiger partial charge in [-0.3, -0.25) is 9.78 Å². The molecular weight excluding hydrogens is 338 g/mol. The van der Waals surface area contributed by atoms with Crippen LogP contribution in [-0.2, 0) is 0 Å². The van der Waals surface area contributed by atoms with Crippen LogP contribution in [0.3, 0.4) is 0 Å². The van der Waals surface area contributed by atoms with E-state index in [0.29, 0.717) is 5.69 Å². The zero-order valence-corrected chi connectivity index (χ0v) is 15.0. The molecule has 1 saturated heterocycles. The number of ether oxygens (including phenoxy) is 1. The van der Waals surface area contributed by atoms with Gasteiger partial charge in [-0.1, -0.05) is 18.2 Å². The molecule has 0 radical (unpaired) electrons. The number of hydrogen-bond acceptors (Lipinski definition) is 4. The maximum absolute atomic E-state index is 12.5. The molecule has 0 saturated carbocycles. The lowest BCUT2D eigenvalue weighted by Crippen LogP contribution is -2.28. The molecule has 136 valence electrons. The second kappa shape index (κ2) is 7.91. The van der Waals surface area contributed by atoms with Gasteiger partial charge < -0.3 is 15.0 Å². The molecule has 1 fully saturated rings. The molecule has 0 atom stereocenters. The van der Waals surface area contributed by atoms with Gasteiger partial charge in [-0.2, -0.15) is 0 Å². The third-order valence-electron chi connectivity index (χ3n) is 4.49. The second-order valence-electron chi connectivity index (χ2n) is 6.49. The molecule has 2 aromatic carbocycles. The molecule has 2 heterocycles. The number of anilines is 2. The van der Waals surface area contributed by atoms with Crippen molar-refractivity contribution < 1.29 is 9.53 Å². The van der Waals surface area contributed by atoms with Gasteiger partial charge >= 0.3 is 0 Å².